The minimum atomic E-state index is 0.254. The van der Waals surface area contributed by atoms with Crippen molar-refractivity contribution in [3.05, 3.63) is 60.0 Å². The van der Waals surface area contributed by atoms with Crippen LogP contribution in [0.5, 0.6) is 0 Å². The van der Waals surface area contributed by atoms with E-state index in [-0.39, 0.29) is 6.04 Å². The van der Waals surface area contributed by atoms with E-state index in [1.165, 1.54) is 16.5 Å². The zero-order valence-corrected chi connectivity index (χ0v) is 12.5. The molecule has 3 rings (SSSR count). The number of benzene rings is 1. The normalized spacial score (nSPS) is 12.7. The average molecular weight is 280 g/mol. The van der Waals surface area contributed by atoms with Gasteiger partial charge in [0.1, 0.15) is 0 Å². The largest absolute Gasteiger partial charge is 0.304 e. The van der Waals surface area contributed by atoms with Gasteiger partial charge in [0.2, 0.25) is 0 Å². The summed E-state index contributed by atoms with van der Waals surface area (Å²) in [5, 5.41) is 9.47. The molecule has 1 N–H and O–H groups in total. The van der Waals surface area contributed by atoms with Gasteiger partial charge in [-0.1, -0.05) is 24.3 Å². The van der Waals surface area contributed by atoms with Crippen molar-refractivity contribution >= 4 is 10.9 Å². The molecular formula is C17H20N4. The Balaban J connectivity index is 1.79. The molecule has 0 bridgehead atoms. The smallest absolute Gasteiger partial charge is 0.0841 e. The van der Waals surface area contributed by atoms with Gasteiger partial charge >= 0.3 is 0 Å². The Hall–Kier alpha value is -2.20. The maximum Gasteiger partial charge on any atom is 0.0841 e. The highest BCUT2D eigenvalue weighted by Crippen LogP contribution is 2.19. The molecular weight excluding hydrogens is 260 g/mol. The predicted octanol–water partition coefficient (Wildman–Crippen LogP) is 3.30. The molecule has 0 amide bonds. The van der Waals surface area contributed by atoms with Gasteiger partial charge < -0.3 is 5.32 Å². The SMILES string of the molecule is CCn1nc(CNC(C)c2cccnc2)c2ccccc21. The number of para-hydroxylation sites is 1. The van der Waals surface area contributed by atoms with Crippen molar-refractivity contribution in [2.45, 2.75) is 33.0 Å². The summed E-state index contributed by atoms with van der Waals surface area (Å²) in [6.45, 7) is 5.91. The van der Waals surface area contributed by atoms with Gasteiger partial charge in [0, 0.05) is 36.9 Å². The van der Waals surface area contributed by atoms with Gasteiger partial charge in [0.25, 0.3) is 0 Å². The summed E-state index contributed by atoms with van der Waals surface area (Å²) in [4.78, 5) is 4.17. The van der Waals surface area contributed by atoms with Crippen LogP contribution in [0, 0.1) is 0 Å². The minimum Gasteiger partial charge on any atom is -0.304 e. The van der Waals surface area contributed by atoms with Crippen molar-refractivity contribution in [1.82, 2.24) is 20.1 Å². The summed E-state index contributed by atoms with van der Waals surface area (Å²) in [6, 6.07) is 12.7. The fourth-order valence-corrected chi connectivity index (χ4v) is 2.57. The van der Waals surface area contributed by atoms with Gasteiger partial charge in [-0.15, -0.1) is 0 Å². The van der Waals surface area contributed by atoms with Crippen LogP contribution in [0.1, 0.15) is 31.1 Å². The van der Waals surface area contributed by atoms with Crippen LogP contribution in [-0.2, 0) is 13.1 Å². The maximum atomic E-state index is 4.71. The minimum absolute atomic E-state index is 0.254. The molecule has 4 nitrogen and oxygen atoms in total. The highest BCUT2D eigenvalue weighted by Gasteiger charge is 2.11. The van der Waals surface area contributed by atoms with Crippen molar-refractivity contribution < 1.29 is 0 Å². The van der Waals surface area contributed by atoms with Gasteiger partial charge in [0.05, 0.1) is 11.2 Å². The van der Waals surface area contributed by atoms with Gasteiger partial charge in [-0.2, -0.15) is 5.10 Å². The average Bonchev–Trinajstić information content (AvgIpc) is 2.91. The van der Waals surface area contributed by atoms with Gasteiger partial charge in [-0.25, -0.2) is 0 Å². The molecule has 0 aliphatic rings. The van der Waals surface area contributed by atoms with Crippen molar-refractivity contribution in [3.63, 3.8) is 0 Å². The number of fused-ring (bicyclic) bond motifs is 1. The van der Waals surface area contributed by atoms with Crippen LogP contribution < -0.4 is 5.32 Å². The molecule has 4 heteroatoms. The number of pyridine rings is 1. The van der Waals surface area contributed by atoms with E-state index in [0.717, 1.165) is 18.8 Å². The van der Waals surface area contributed by atoms with Crippen LogP contribution in [-0.4, -0.2) is 14.8 Å². The molecule has 0 radical (unpaired) electrons. The summed E-state index contributed by atoms with van der Waals surface area (Å²) in [7, 11) is 0. The first kappa shape index (κ1) is 13.8. The van der Waals surface area contributed by atoms with E-state index in [2.05, 4.69) is 59.2 Å². The van der Waals surface area contributed by atoms with Crippen LogP contribution in [0.15, 0.2) is 48.8 Å². The first-order valence-electron chi connectivity index (χ1n) is 7.37. The van der Waals surface area contributed by atoms with Crippen LogP contribution in [0.3, 0.4) is 0 Å². The molecule has 1 atom stereocenters. The second-order valence-electron chi connectivity index (χ2n) is 5.17. The van der Waals surface area contributed by atoms with E-state index in [1.807, 2.05) is 12.3 Å². The molecule has 0 fully saturated rings. The highest BCUT2D eigenvalue weighted by atomic mass is 15.3. The van der Waals surface area contributed by atoms with E-state index in [1.54, 1.807) is 6.20 Å². The summed E-state index contributed by atoms with van der Waals surface area (Å²) >= 11 is 0. The Bertz CT molecular complexity index is 718. The van der Waals surface area contributed by atoms with Gasteiger partial charge in [-0.05, 0) is 31.5 Å². The third kappa shape index (κ3) is 2.81. The molecule has 108 valence electrons. The van der Waals surface area contributed by atoms with E-state index in [0.29, 0.717) is 0 Å². The molecule has 1 aromatic carbocycles. The van der Waals surface area contributed by atoms with E-state index < -0.39 is 0 Å². The number of aromatic nitrogens is 3. The van der Waals surface area contributed by atoms with E-state index >= 15 is 0 Å². The molecule has 2 aromatic heterocycles. The van der Waals surface area contributed by atoms with Crippen LogP contribution in [0.25, 0.3) is 10.9 Å². The molecule has 0 saturated heterocycles. The molecule has 0 saturated carbocycles. The topological polar surface area (TPSA) is 42.7 Å². The zero-order chi connectivity index (χ0) is 14.7. The van der Waals surface area contributed by atoms with Gasteiger partial charge in [0.15, 0.2) is 0 Å². The van der Waals surface area contributed by atoms with Crippen LogP contribution in [0.4, 0.5) is 0 Å². The van der Waals surface area contributed by atoms with Crippen molar-refractivity contribution in [2.24, 2.45) is 0 Å². The number of nitrogens with zero attached hydrogens (tertiary/aromatic N) is 3. The molecule has 0 aliphatic heterocycles. The molecule has 1 unspecified atom stereocenters. The second kappa shape index (κ2) is 6.06. The van der Waals surface area contributed by atoms with E-state index in [4.69, 9.17) is 5.10 Å². The Labute approximate surface area is 124 Å². The summed E-state index contributed by atoms with van der Waals surface area (Å²) in [5.41, 5.74) is 3.49. The second-order valence-corrected chi connectivity index (χ2v) is 5.17. The monoisotopic (exact) mass is 280 g/mol. The fraction of sp³-hybridized carbons (Fsp3) is 0.294. The molecule has 3 aromatic rings. The van der Waals surface area contributed by atoms with Crippen molar-refractivity contribution in [3.8, 4) is 0 Å². The standard InChI is InChI=1S/C17H20N4/c1-3-21-17-9-5-4-8-15(17)16(20-21)12-19-13(2)14-7-6-10-18-11-14/h4-11,13,19H,3,12H2,1-2H3. The Morgan fingerprint density at radius 3 is 2.81 bits per heavy atom. The van der Waals surface area contributed by atoms with E-state index in [9.17, 15) is 0 Å². The third-order valence-electron chi connectivity index (χ3n) is 3.79. The molecule has 21 heavy (non-hydrogen) atoms. The fourth-order valence-electron chi connectivity index (χ4n) is 2.57. The number of rotatable bonds is 5. The quantitative estimate of drug-likeness (QED) is 0.779. The first-order valence-corrected chi connectivity index (χ1v) is 7.37. The predicted molar refractivity (Wildman–Crippen MR) is 84.9 cm³/mol. The first-order chi connectivity index (χ1) is 10.3. The summed E-state index contributed by atoms with van der Waals surface area (Å²) in [6.07, 6.45) is 3.70. The third-order valence-corrected chi connectivity index (χ3v) is 3.79. The van der Waals surface area contributed by atoms with Crippen LogP contribution >= 0.6 is 0 Å². The summed E-state index contributed by atoms with van der Waals surface area (Å²) < 4.78 is 2.06. The zero-order valence-electron chi connectivity index (χ0n) is 12.5. The Morgan fingerprint density at radius 1 is 1.19 bits per heavy atom. The number of nitrogens with one attached hydrogen (secondary N) is 1. The lowest BCUT2D eigenvalue weighted by atomic mass is 10.1. The summed E-state index contributed by atoms with van der Waals surface area (Å²) in [5.74, 6) is 0. The highest BCUT2D eigenvalue weighted by molar-refractivity contribution is 5.81. The number of hydrogen-bond donors (Lipinski definition) is 1. The molecule has 0 aliphatic carbocycles. The van der Waals surface area contributed by atoms with Crippen molar-refractivity contribution in [1.29, 1.82) is 0 Å². The Morgan fingerprint density at radius 2 is 2.05 bits per heavy atom. The maximum absolute atomic E-state index is 4.71. The van der Waals surface area contributed by atoms with Gasteiger partial charge in [-0.3, -0.25) is 9.67 Å². The van der Waals surface area contributed by atoms with Crippen molar-refractivity contribution in [2.75, 3.05) is 0 Å². The number of aryl methyl sites for hydroxylation is 1. The lowest BCUT2D eigenvalue weighted by Crippen LogP contribution is -2.18. The van der Waals surface area contributed by atoms with Crippen LogP contribution in [0.2, 0.25) is 0 Å². The molecule has 0 spiro atoms. The lowest BCUT2D eigenvalue weighted by molar-refractivity contribution is 0.557. The lowest BCUT2D eigenvalue weighted by Gasteiger charge is -2.12. The Kier molecular flexibility index (Phi) is 3.97. The number of hydrogen-bond acceptors (Lipinski definition) is 3. The molecule has 2 heterocycles.